The Morgan fingerprint density at radius 2 is 1.96 bits per heavy atom. The average molecular weight is 353 g/mol. The van der Waals surface area contributed by atoms with E-state index in [0.29, 0.717) is 36.2 Å². The Morgan fingerprint density at radius 1 is 1.15 bits per heavy atom. The smallest absolute Gasteiger partial charge is 0.212 e. The second-order valence-corrected chi connectivity index (χ2v) is 6.21. The summed E-state index contributed by atoms with van der Waals surface area (Å²) in [7, 11) is 0. The Balaban J connectivity index is 1.72. The molecule has 0 radical (unpaired) electrons. The number of anilines is 1. The number of halogens is 1. The van der Waals surface area contributed by atoms with Crippen molar-refractivity contribution in [3.8, 4) is 11.5 Å². The molecule has 8 heteroatoms. The fraction of sp³-hybridized carbons (Fsp3) is 0.222. The first kappa shape index (κ1) is 15.0. The minimum atomic E-state index is -0.517. The van der Waals surface area contributed by atoms with Gasteiger partial charge in [0.05, 0.1) is 24.2 Å². The number of aromatic nitrogens is 2. The van der Waals surface area contributed by atoms with Crippen LogP contribution in [0, 0.1) is 5.82 Å². The number of nitrogens with one attached hydrogen (secondary N) is 1. The van der Waals surface area contributed by atoms with Gasteiger partial charge in [0.1, 0.15) is 5.82 Å². The molecule has 0 amide bonds. The first-order valence-electron chi connectivity index (χ1n) is 8.36. The first-order chi connectivity index (χ1) is 12.7. The summed E-state index contributed by atoms with van der Waals surface area (Å²) in [5.74, 6) is 1.78. The van der Waals surface area contributed by atoms with E-state index in [2.05, 4.69) is 15.3 Å². The van der Waals surface area contributed by atoms with Gasteiger partial charge in [-0.15, -0.1) is 0 Å². The molecule has 3 N–H and O–H groups in total. The molecule has 3 heterocycles. The number of rotatable bonds is 1. The molecule has 2 aliphatic rings. The van der Waals surface area contributed by atoms with E-state index in [1.165, 1.54) is 12.1 Å². The summed E-state index contributed by atoms with van der Waals surface area (Å²) in [4.78, 5) is 9.06. The van der Waals surface area contributed by atoms with Crippen molar-refractivity contribution in [1.29, 1.82) is 0 Å². The maximum Gasteiger partial charge on any atom is 0.212 e. The van der Waals surface area contributed by atoms with Crippen LogP contribution in [0.4, 0.5) is 10.3 Å². The first-order valence-corrected chi connectivity index (χ1v) is 8.36. The van der Waals surface area contributed by atoms with Gasteiger partial charge >= 0.3 is 0 Å². The van der Waals surface area contributed by atoms with Gasteiger partial charge in [-0.2, -0.15) is 0 Å². The van der Waals surface area contributed by atoms with Crippen molar-refractivity contribution >= 4 is 22.9 Å². The van der Waals surface area contributed by atoms with Crippen molar-refractivity contribution in [2.24, 2.45) is 10.7 Å². The molecule has 0 saturated carbocycles. The van der Waals surface area contributed by atoms with E-state index in [-0.39, 0.29) is 11.8 Å². The molecule has 2 aliphatic heterocycles. The SMILES string of the molecule is NC1=N[C@H](c2cccc(F)c2)n2c(nc3cc4c(cc32)OCCCO4)N1. The van der Waals surface area contributed by atoms with E-state index in [4.69, 9.17) is 15.2 Å². The van der Waals surface area contributed by atoms with E-state index in [1.807, 2.05) is 22.8 Å². The van der Waals surface area contributed by atoms with Crippen LogP contribution in [-0.4, -0.2) is 28.7 Å². The predicted molar refractivity (Wildman–Crippen MR) is 95.1 cm³/mol. The van der Waals surface area contributed by atoms with Gasteiger partial charge in [-0.05, 0) is 17.7 Å². The molecule has 0 bridgehead atoms. The molecule has 0 unspecified atom stereocenters. The van der Waals surface area contributed by atoms with Crippen LogP contribution in [0.25, 0.3) is 11.0 Å². The van der Waals surface area contributed by atoms with Crippen molar-refractivity contribution in [2.45, 2.75) is 12.6 Å². The molecule has 7 nitrogen and oxygen atoms in total. The normalized spacial score (nSPS) is 18.7. The van der Waals surface area contributed by atoms with E-state index >= 15 is 0 Å². The Bertz CT molecular complexity index is 1050. The van der Waals surface area contributed by atoms with Gasteiger partial charge < -0.3 is 15.2 Å². The quantitative estimate of drug-likeness (QED) is 0.702. The van der Waals surface area contributed by atoms with Crippen LogP contribution in [0.5, 0.6) is 11.5 Å². The van der Waals surface area contributed by atoms with Crippen LogP contribution in [0.2, 0.25) is 0 Å². The van der Waals surface area contributed by atoms with Crippen molar-refractivity contribution in [3.05, 3.63) is 47.8 Å². The maximum absolute atomic E-state index is 13.7. The Labute approximate surface area is 148 Å². The highest BCUT2D eigenvalue weighted by Gasteiger charge is 2.27. The molecule has 0 fully saturated rings. The van der Waals surface area contributed by atoms with Gasteiger partial charge in [-0.1, -0.05) is 12.1 Å². The van der Waals surface area contributed by atoms with Gasteiger partial charge in [-0.25, -0.2) is 14.4 Å². The standard InChI is InChI=1S/C18H16FN5O2/c19-11-4-1-3-10(7-11)16-22-17(20)23-18-21-12-8-14-15(9-13(12)24(16)18)26-6-2-5-25-14/h1,3-4,7-9,16H,2,5-6H2,(H3,20,21,22,23)/t16-/m0/s1. The lowest BCUT2D eigenvalue weighted by Crippen LogP contribution is -2.31. The minimum Gasteiger partial charge on any atom is -0.489 e. The summed E-state index contributed by atoms with van der Waals surface area (Å²) in [5.41, 5.74) is 8.14. The van der Waals surface area contributed by atoms with E-state index < -0.39 is 6.17 Å². The number of imidazole rings is 1. The van der Waals surface area contributed by atoms with Crippen molar-refractivity contribution in [2.75, 3.05) is 18.5 Å². The monoisotopic (exact) mass is 353 g/mol. The van der Waals surface area contributed by atoms with Crippen LogP contribution in [0.15, 0.2) is 41.4 Å². The fourth-order valence-corrected chi connectivity index (χ4v) is 3.31. The van der Waals surface area contributed by atoms with E-state index in [9.17, 15) is 4.39 Å². The molecule has 1 aromatic heterocycles. The second-order valence-electron chi connectivity index (χ2n) is 6.21. The number of benzene rings is 2. The summed E-state index contributed by atoms with van der Waals surface area (Å²) in [5, 5.41) is 2.97. The van der Waals surface area contributed by atoms with Crippen LogP contribution in [0.1, 0.15) is 18.2 Å². The molecule has 5 rings (SSSR count). The molecule has 1 atom stereocenters. The third-order valence-electron chi connectivity index (χ3n) is 4.45. The number of hydrogen-bond donors (Lipinski definition) is 2. The van der Waals surface area contributed by atoms with Gasteiger partial charge in [0, 0.05) is 18.6 Å². The van der Waals surface area contributed by atoms with Crippen LogP contribution in [0.3, 0.4) is 0 Å². The topological polar surface area (TPSA) is 86.7 Å². The lowest BCUT2D eigenvalue weighted by atomic mass is 10.1. The van der Waals surface area contributed by atoms with E-state index in [1.54, 1.807) is 6.07 Å². The third kappa shape index (κ3) is 2.33. The van der Waals surface area contributed by atoms with Gasteiger partial charge in [0.2, 0.25) is 5.95 Å². The van der Waals surface area contributed by atoms with Crippen molar-refractivity contribution in [3.63, 3.8) is 0 Å². The number of nitrogens with two attached hydrogens (primary N) is 1. The summed E-state index contributed by atoms with van der Waals surface area (Å²) >= 11 is 0. The summed E-state index contributed by atoms with van der Waals surface area (Å²) in [6, 6.07) is 10.1. The highest BCUT2D eigenvalue weighted by molar-refractivity contribution is 5.95. The van der Waals surface area contributed by atoms with Crippen molar-refractivity contribution in [1.82, 2.24) is 9.55 Å². The van der Waals surface area contributed by atoms with Gasteiger partial charge in [-0.3, -0.25) is 9.88 Å². The highest BCUT2D eigenvalue weighted by Crippen LogP contribution is 2.38. The molecular formula is C18H16FN5O2. The molecule has 3 aromatic rings. The Hall–Kier alpha value is -3.29. The lowest BCUT2D eigenvalue weighted by molar-refractivity contribution is 0.297. The van der Waals surface area contributed by atoms with Crippen molar-refractivity contribution < 1.29 is 13.9 Å². The zero-order valence-corrected chi connectivity index (χ0v) is 13.8. The molecule has 132 valence electrons. The van der Waals surface area contributed by atoms with Gasteiger partial charge in [0.15, 0.2) is 23.6 Å². The summed E-state index contributed by atoms with van der Waals surface area (Å²) < 4.78 is 27.2. The largest absolute Gasteiger partial charge is 0.489 e. The molecular weight excluding hydrogens is 337 g/mol. The lowest BCUT2D eigenvalue weighted by Gasteiger charge is -2.24. The van der Waals surface area contributed by atoms with Crippen LogP contribution >= 0.6 is 0 Å². The molecule has 0 saturated heterocycles. The number of nitrogens with zero attached hydrogens (tertiary/aromatic N) is 3. The summed E-state index contributed by atoms with van der Waals surface area (Å²) in [6.45, 7) is 1.20. The molecule has 0 spiro atoms. The number of ether oxygens (including phenoxy) is 2. The molecule has 0 aliphatic carbocycles. The van der Waals surface area contributed by atoms with E-state index in [0.717, 1.165) is 17.5 Å². The van der Waals surface area contributed by atoms with Crippen LogP contribution < -0.4 is 20.5 Å². The third-order valence-corrected chi connectivity index (χ3v) is 4.45. The number of fused-ring (bicyclic) bond motifs is 4. The number of aliphatic imine (C=N–C) groups is 1. The summed E-state index contributed by atoms with van der Waals surface area (Å²) in [6.07, 6.45) is 0.308. The van der Waals surface area contributed by atoms with Gasteiger partial charge in [0.25, 0.3) is 0 Å². The zero-order valence-electron chi connectivity index (χ0n) is 13.8. The number of hydrogen-bond acceptors (Lipinski definition) is 6. The molecule has 26 heavy (non-hydrogen) atoms. The average Bonchev–Trinajstić information content (AvgIpc) is 2.81. The predicted octanol–water partition coefficient (Wildman–Crippen LogP) is 2.62. The van der Waals surface area contributed by atoms with Crippen LogP contribution in [-0.2, 0) is 0 Å². The Kier molecular flexibility index (Phi) is 3.24. The fourth-order valence-electron chi connectivity index (χ4n) is 3.31. The Morgan fingerprint density at radius 3 is 2.77 bits per heavy atom. The highest BCUT2D eigenvalue weighted by atomic mass is 19.1. The second kappa shape index (κ2) is 5.62. The maximum atomic E-state index is 13.7. The number of guanidine groups is 1. The zero-order chi connectivity index (χ0) is 17.7. The molecule has 2 aromatic carbocycles. The minimum absolute atomic E-state index is 0.233.